The van der Waals surface area contributed by atoms with Crippen LogP contribution in [-0.4, -0.2) is 29.6 Å². The second-order valence-corrected chi connectivity index (χ2v) is 6.38. The van der Waals surface area contributed by atoms with Gasteiger partial charge in [-0.2, -0.15) is 0 Å². The van der Waals surface area contributed by atoms with Crippen molar-refractivity contribution in [3.63, 3.8) is 0 Å². The summed E-state index contributed by atoms with van der Waals surface area (Å²) in [4.78, 5) is 6.79. The number of halogens is 1. The van der Waals surface area contributed by atoms with Gasteiger partial charge in [-0.15, -0.1) is 24.0 Å². The highest BCUT2D eigenvalue weighted by atomic mass is 127. The summed E-state index contributed by atoms with van der Waals surface area (Å²) in [6, 6.07) is 10.6. The molecule has 1 aromatic heterocycles. The molecule has 0 aliphatic carbocycles. The molecule has 1 heterocycles. The number of hydrogen-bond acceptors (Lipinski definition) is 3. The van der Waals surface area contributed by atoms with E-state index in [2.05, 4.69) is 72.3 Å². The molecular weight excluding hydrogens is 427 g/mol. The molecule has 0 aliphatic rings. The third kappa shape index (κ3) is 6.68. The van der Waals surface area contributed by atoms with Crippen LogP contribution in [0, 0.1) is 6.92 Å². The SMILES string of the molecule is CCNC(=NCc1cc(C(C)C)no1)N(C)Cc1ccc(C)cc1.I. The maximum Gasteiger partial charge on any atom is 0.194 e. The highest BCUT2D eigenvalue weighted by Crippen LogP contribution is 2.14. The van der Waals surface area contributed by atoms with Crippen LogP contribution in [0.1, 0.15) is 49.3 Å². The van der Waals surface area contributed by atoms with E-state index >= 15 is 0 Å². The standard InChI is InChI=1S/C19H28N4O.HI/c1-6-20-19(21-12-17-11-18(14(2)3)22-24-17)23(5)13-16-9-7-15(4)8-10-16;/h7-11,14H,6,12-13H2,1-5H3,(H,20,21);1H. The van der Waals surface area contributed by atoms with Crippen molar-refractivity contribution in [1.29, 1.82) is 0 Å². The van der Waals surface area contributed by atoms with Gasteiger partial charge in [0.2, 0.25) is 0 Å². The van der Waals surface area contributed by atoms with Crippen LogP contribution in [0.4, 0.5) is 0 Å². The minimum Gasteiger partial charge on any atom is -0.359 e. The first-order valence-electron chi connectivity index (χ1n) is 8.50. The Balaban J connectivity index is 0.00000312. The molecule has 0 amide bonds. The fourth-order valence-electron chi connectivity index (χ4n) is 2.34. The highest BCUT2D eigenvalue weighted by Gasteiger charge is 2.10. The van der Waals surface area contributed by atoms with Crippen LogP contribution >= 0.6 is 24.0 Å². The number of aryl methyl sites for hydroxylation is 1. The molecule has 6 heteroatoms. The van der Waals surface area contributed by atoms with E-state index in [1.54, 1.807) is 0 Å². The van der Waals surface area contributed by atoms with Gasteiger partial charge in [-0.05, 0) is 25.3 Å². The number of rotatable bonds is 6. The minimum atomic E-state index is 0. The Bertz CT molecular complexity index is 664. The third-order valence-electron chi connectivity index (χ3n) is 3.79. The number of aliphatic imine (C=N–C) groups is 1. The van der Waals surface area contributed by atoms with Crippen molar-refractivity contribution in [3.05, 3.63) is 52.9 Å². The molecule has 2 rings (SSSR count). The average molecular weight is 456 g/mol. The van der Waals surface area contributed by atoms with Crippen molar-refractivity contribution >= 4 is 29.9 Å². The molecule has 5 nitrogen and oxygen atoms in total. The topological polar surface area (TPSA) is 53.7 Å². The van der Waals surface area contributed by atoms with E-state index in [-0.39, 0.29) is 24.0 Å². The van der Waals surface area contributed by atoms with Crippen LogP contribution in [0.3, 0.4) is 0 Å². The minimum absolute atomic E-state index is 0. The summed E-state index contributed by atoms with van der Waals surface area (Å²) in [7, 11) is 2.04. The molecule has 0 spiro atoms. The first kappa shape index (κ1) is 21.5. The second-order valence-electron chi connectivity index (χ2n) is 6.38. The molecule has 25 heavy (non-hydrogen) atoms. The van der Waals surface area contributed by atoms with Crippen molar-refractivity contribution in [2.75, 3.05) is 13.6 Å². The van der Waals surface area contributed by atoms with Crippen molar-refractivity contribution < 1.29 is 4.52 Å². The normalized spacial score (nSPS) is 11.4. The van der Waals surface area contributed by atoms with Crippen LogP contribution in [0.5, 0.6) is 0 Å². The van der Waals surface area contributed by atoms with Gasteiger partial charge in [-0.1, -0.05) is 48.8 Å². The van der Waals surface area contributed by atoms with E-state index in [9.17, 15) is 0 Å². The van der Waals surface area contributed by atoms with Crippen LogP contribution in [0.15, 0.2) is 39.8 Å². The molecule has 2 aromatic rings. The smallest absolute Gasteiger partial charge is 0.194 e. The fourth-order valence-corrected chi connectivity index (χ4v) is 2.34. The molecule has 0 saturated carbocycles. The molecule has 0 fully saturated rings. The molecule has 0 aliphatic heterocycles. The van der Waals surface area contributed by atoms with Gasteiger partial charge in [0.25, 0.3) is 0 Å². The van der Waals surface area contributed by atoms with Gasteiger partial charge in [-0.25, -0.2) is 4.99 Å². The van der Waals surface area contributed by atoms with Crippen molar-refractivity contribution in [3.8, 4) is 0 Å². The number of nitrogens with zero attached hydrogens (tertiary/aromatic N) is 3. The van der Waals surface area contributed by atoms with Gasteiger partial charge in [-0.3, -0.25) is 0 Å². The molecule has 0 atom stereocenters. The molecule has 138 valence electrons. The van der Waals surface area contributed by atoms with Crippen LogP contribution in [0.25, 0.3) is 0 Å². The van der Waals surface area contributed by atoms with E-state index < -0.39 is 0 Å². The highest BCUT2D eigenvalue weighted by molar-refractivity contribution is 14.0. The molecule has 0 radical (unpaired) electrons. The zero-order valence-corrected chi connectivity index (χ0v) is 18.1. The second kappa shape index (κ2) is 10.4. The largest absolute Gasteiger partial charge is 0.359 e. The number of hydrogen-bond donors (Lipinski definition) is 1. The summed E-state index contributed by atoms with van der Waals surface area (Å²) in [5.74, 6) is 2.02. The summed E-state index contributed by atoms with van der Waals surface area (Å²) in [5.41, 5.74) is 3.50. The van der Waals surface area contributed by atoms with Crippen LogP contribution in [0.2, 0.25) is 0 Å². The van der Waals surface area contributed by atoms with Crippen molar-refractivity contribution in [1.82, 2.24) is 15.4 Å². The zero-order chi connectivity index (χ0) is 17.5. The zero-order valence-electron chi connectivity index (χ0n) is 15.7. The molecule has 1 aromatic carbocycles. The Hall–Kier alpha value is -1.57. The lowest BCUT2D eigenvalue weighted by atomic mass is 10.1. The van der Waals surface area contributed by atoms with E-state index in [1.807, 2.05) is 13.1 Å². The number of aromatic nitrogens is 1. The summed E-state index contributed by atoms with van der Waals surface area (Å²) in [6.07, 6.45) is 0. The summed E-state index contributed by atoms with van der Waals surface area (Å²) < 4.78 is 5.36. The summed E-state index contributed by atoms with van der Waals surface area (Å²) in [6.45, 7) is 10.5. The van der Waals surface area contributed by atoms with Gasteiger partial charge in [0.1, 0.15) is 6.54 Å². The summed E-state index contributed by atoms with van der Waals surface area (Å²) >= 11 is 0. The molecule has 0 unspecified atom stereocenters. The number of nitrogens with one attached hydrogen (secondary N) is 1. The Morgan fingerprint density at radius 1 is 1.28 bits per heavy atom. The lowest BCUT2D eigenvalue weighted by Crippen LogP contribution is -2.38. The van der Waals surface area contributed by atoms with E-state index in [1.165, 1.54) is 11.1 Å². The van der Waals surface area contributed by atoms with Gasteiger partial charge in [0.05, 0.1) is 5.69 Å². The quantitative estimate of drug-likeness (QED) is 0.400. The van der Waals surface area contributed by atoms with Crippen molar-refractivity contribution in [2.45, 2.75) is 46.7 Å². The third-order valence-corrected chi connectivity index (χ3v) is 3.79. The lowest BCUT2D eigenvalue weighted by Gasteiger charge is -2.22. The Morgan fingerprint density at radius 3 is 2.52 bits per heavy atom. The predicted molar refractivity (Wildman–Crippen MR) is 113 cm³/mol. The van der Waals surface area contributed by atoms with Crippen molar-refractivity contribution in [2.24, 2.45) is 4.99 Å². The van der Waals surface area contributed by atoms with Crippen LogP contribution in [-0.2, 0) is 13.1 Å². The van der Waals surface area contributed by atoms with E-state index in [0.29, 0.717) is 12.5 Å². The van der Waals surface area contributed by atoms with Gasteiger partial charge in [0.15, 0.2) is 11.7 Å². The Kier molecular flexibility index (Phi) is 8.96. The Labute approximate surface area is 167 Å². The van der Waals surface area contributed by atoms with Gasteiger partial charge >= 0.3 is 0 Å². The Morgan fingerprint density at radius 2 is 1.96 bits per heavy atom. The van der Waals surface area contributed by atoms with Gasteiger partial charge < -0.3 is 14.7 Å². The summed E-state index contributed by atoms with van der Waals surface area (Å²) in [5, 5.41) is 7.41. The lowest BCUT2D eigenvalue weighted by molar-refractivity contribution is 0.375. The van der Waals surface area contributed by atoms with Crippen LogP contribution < -0.4 is 5.32 Å². The maximum absolute atomic E-state index is 5.36. The molecule has 0 saturated heterocycles. The molecule has 0 bridgehead atoms. The van der Waals surface area contributed by atoms with E-state index in [0.717, 1.165) is 30.5 Å². The fraction of sp³-hybridized carbons (Fsp3) is 0.474. The number of guanidine groups is 1. The average Bonchev–Trinajstić information content (AvgIpc) is 3.02. The first-order chi connectivity index (χ1) is 11.5. The monoisotopic (exact) mass is 456 g/mol. The maximum atomic E-state index is 5.36. The van der Waals surface area contributed by atoms with Gasteiger partial charge in [0, 0.05) is 26.2 Å². The van der Waals surface area contributed by atoms with E-state index in [4.69, 9.17) is 4.52 Å². The first-order valence-corrected chi connectivity index (χ1v) is 8.50. The molecule has 1 N–H and O–H groups in total. The number of benzene rings is 1. The predicted octanol–water partition coefficient (Wildman–Crippen LogP) is 4.32. The molecular formula is C19H29IN4O.